The first-order chi connectivity index (χ1) is 9.63. The third-order valence-electron chi connectivity index (χ3n) is 3.02. The molecule has 102 valence electrons. The molecule has 2 nitrogen and oxygen atoms in total. The molecule has 2 aromatic rings. The van der Waals surface area contributed by atoms with Crippen molar-refractivity contribution in [2.24, 2.45) is 0 Å². The number of hydrogen-bond donors (Lipinski definition) is 0. The van der Waals surface area contributed by atoms with Crippen molar-refractivity contribution in [2.45, 2.75) is 18.9 Å². The van der Waals surface area contributed by atoms with Crippen LogP contribution in [0.4, 0.5) is 0 Å². The molecule has 2 aromatic carbocycles. The van der Waals surface area contributed by atoms with Crippen LogP contribution in [0.1, 0.15) is 22.3 Å². The molecule has 0 aliphatic carbocycles. The normalized spacial score (nSPS) is 10.1. The number of aryl methyl sites for hydroxylation is 1. The Kier molecular flexibility index (Phi) is 5.22. The molecule has 0 aliphatic heterocycles. The van der Waals surface area contributed by atoms with Gasteiger partial charge in [-0.05, 0) is 48.4 Å². The van der Waals surface area contributed by atoms with Gasteiger partial charge in [0.05, 0.1) is 11.6 Å². The van der Waals surface area contributed by atoms with E-state index in [4.69, 9.17) is 10.00 Å². The number of alkyl halides is 1. The molecule has 2 rings (SSSR count). The minimum atomic E-state index is 0.499. The van der Waals surface area contributed by atoms with E-state index in [-0.39, 0.29) is 0 Å². The first-order valence-corrected chi connectivity index (χ1v) is 8.02. The molecule has 20 heavy (non-hydrogen) atoms. The van der Waals surface area contributed by atoms with Crippen molar-refractivity contribution in [1.82, 2.24) is 0 Å². The van der Waals surface area contributed by atoms with Crippen molar-refractivity contribution >= 4 is 31.9 Å². The molecule has 4 heteroatoms. The summed E-state index contributed by atoms with van der Waals surface area (Å²) in [6.07, 6.45) is 0. The third-order valence-corrected chi connectivity index (χ3v) is 4.12. The van der Waals surface area contributed by atoms with Crippen molar-refractivity contribution in [3.8, 4) is 11.8 Å². The van der Waals surface area contributed by atoms with E-state index in [1.807, 2.05) is 43.3 Å². The van der Waals surface area contributed by atoms with Crippen LogP contribution in [0, 0.1) is 18.3 Å². The zero-order valence-electron chi connectivity index (χ0n) is 11.0. The molecule has 0 radical (unpaired) electrons. The zero-order valence-corrected chi connectivity index (χ0v) is 14.2. The lowest BCUT2D eigenvalue weighted by Gasteiger charge is -2.12. The first-order valence-electron chi connectivity index (χ1n) is 6.11. The van der Waals surface area contributed by atoms with Gasteiger partial charge >= 0.3 is 0 Å². The number of nitriles is 1. The fourth-order valence-electron chi connectivity index (χ4n) is 1.88. The fraction of sp³-hybridized carbons (Fsp3) is 0.188. The Morgan fingerprint density at radius 1 is 1.15 bits per heavy atom. The predicted octanol–water partition coefficient (Wildman–Crippen LogP) is 5.10. The minimum absolute atomic E-state index is 0.499. The van der Waals surface area contributed by atoms with Gasteiger partial charge in [-0.15, -0.1) is 0 Å². The van der Waals surface area contributed by atoms with Crippen LogP contribution in [-0.2, 0) is 11.9 Å². The average molecular weight is 395 g/mol. The Labute approximate surface area is 135 Å². The zero-order chi connectivity index (χ0) is 14.5. The SMILES string of the molecule is Cc1cc(C#N)ccc1COc1ccc(Br)cc1CBr. The number of hydrogen-bond acceptors (Lipinski definition) is 2. The molecular formula is C16H13Br2NO. The van der Waals surface area contributed by atoms with Crippen molar-refractivity contribution < 1.29 is 4.74 Å². The van der Waals surface area contributed by atoms with E-state index in [9.17, 15) is 0 Å². The highest BCUT2D eigenvalue weighted by Gasteiger charge is 2.06. The van der Waals surface area contributed by atoms with Crippen LogP contribution in [0.5, 0.6) is 5.75 Å². The fourth-order valence-corrected chi connectivity index (χ4v) is 2.72. The highest BCUT2D eigenvalue weighted by atomic mass is 79.9. The highest BCUT2D eigenvalue weighted by Crippen LogP contribution is 2.26. The van der Waals surface area contributed by atoms with Crippen LogP contribution in [0.25, 0.3) is 0 Å². The van der Waals surface area contributed by atoms with E-state index < -0.39 is 0 Å². The van der Waals surface area contributed by atoms with Crippen LogP contribution < -0.4 is 4.74 Å². The second-order valence-electron chi connectivity index (χ2n) is 4.43. The summed E-state index contributed by atoms with van der Waals surface area (Å²) in [5.74, 6) is 0.869. The number of nitrogens with zero attached hydrogens (tertiary/aromatic N) is 1. The second kappa shape index (κ2) is 6.92. The molecular weight excluding hydrogens is 382 g/mol. The second-order valence-corrected chi connectivity index (χ2v) is 5.90. The van der Waals surface area contributed by atoms with E-state index in [2.05, 4.69) is 37.9 Å². The van der Waals surface area contributed by atoms with E-state index in [0.29, 0.717) is 12.2 Å². The lowest BCUT2D eigenvalue weighted by Crippen LogP contribution is -2.00. The van der Waals surface area contributed by atoms with Gasteiger partial charge in [0.25, 0.3) is 0 Å². The van der Waals surface area contributed by atoms with Gasteiger partial charge in [-0.2, -0.15) is 5.26 Å². The summed E-state index contributed by atoms with van der Waals surface area (Å²) in [4.78, 5) is 0. The Balaban J connectivity index is 2.15. The molecule has 0 aromatic heterocycles. The van der Waals surface area contributed by atoms with Gasteiger partial charge < -0.3 is 4.74 Å². The summed E-state index contributed by atoms with van der Waals surface area (Å²) in [6.45, 7) is 2.49. The Bertz CT molecular complexity index is 662. The molecule has 0 saturated carbocycles. The summed E-state index contributed by atoms with van der Waals surface area (Å²) in [7, 11) is 0. The molecule has 0 heterocycles. The largest absolute Gasteiger partial charge is 0.489 e. The third kappa shape index (κ3) is 3.62. The lowest BCUT2D eigenvalue weighted by molar-refractivity contribution is 0.303. The standard InChI is InChI=1S/C16H13Br2NO/c1-11-6-12(9-19)2-3-13(11)10-20-16-5-4-15(18)7-14(16)8-17/h2-7H,8,10H2,1H3. The maximum atomic E-state index is 8.86. The molecule has 0 amide bonds. The van der Waals surface area contributed by atoms with Gasteiger partial charge in [0.2, 0.25) is 0 Å². The van der Waals surface area contributed by atoms with Gasteiger partial charge in [-0.1, -0.05) is 37.9 Å². The number of halogens is 2. The molecule has 0 N–H and O–H groups in total. The van der Waals surface area contributed by atoms with Crippen LogP contribution in [0.3, 0.4) is 0 Å². The van der Waals surface area contributed by atoms with Crippen molar-refractivity contribution in [3.63, 3.8) is 0 Å². The first kappa shape index (κ1) is 15.1. The summed E-state index contributed by atoms with van der Waals surface area (Å²) in [6, 6.07) is 13.7. The molecule has 0 unspecified atom stereocenters. The smallest absolute Gasteiger partial charge is 0.123 e. The van der Waals surface area contributed by atoms with Crippen LogP contribution in [-0.4, -0.2) is 0 Å². The quantitative estimate of drug-likeness (QED) is 0.675. The predicted molar refractivity (Wildman–Crippen MR) is 87.0 cm³/mol. The van der Waals surface area contributed by atoms with Crippen molar-refractivity contribution in [2.75, 3.05) is 0 Å². The van der Waals surface area contributed by atoms with Crippen molar-refractivity contribution in [1.29, 1.82) is 5.26 Å². The summed E-state index contributed by atoms with van der Waals surface area (Å²) in [5, 5.41) is 9.61. The molecule has 0 bridgehead atoms. The Hall–Kier alpha value is -1.31. The maximum Gasteiger partial charge on any atom is 0.123 e. The molecule has 0 saturated heterocycles. The van der Waals surface area contributed by atoms with Gasteiger partial charge in [-0.3, -0.25) is 0 Å². The monoisotopic (exact) mass is 393 g/mol. The van der Waals surface area contributed by atoms with Crippen LogP contribution in [0.2, 0.25) is 0 Å². The molecule has 0 atom stereocenters. The Morgan fingerprint density at radius 3 is 2.60 bits per heavy atom. The number of benzene rings is 2. The number of rotatable bonds is 4. The number of ether oxygens (including phenoxy) is 1. The van der Waals surface area contributed by atoms with E-state index in [0.717, 1.165) is 32.2 Å². The average Bonchev–Trinajstić information content (AvgIpc) is 2.46. The van der Waals surface area contributed by atoms with Crippen molar-refractivity contribution in [3.05, 3.63) is 63.1 Å². The van der Waals surface area contributed by atoms with Gasteiger partial charge in [0.1, 0.15) is 12.4 Å². The van der Waals surface area contributed by atoms with Gasteiger partial charge in [-0.25, -0.2) is 0 Å². The molecule has 0 spiro atoms. The summed E-state index contributed by atoms with van der Waals surface area (Å²) < 4.78 is 6.93. The van der Waals surface area contributed by atoms with Crippen LogP contribution >= 0.6 is 31.9 Å². The maximum absolute atomic E-state index is 8.86. The minimum Gasteiger partial charge on any atom is -0.489 e. The van der Waals surface area contributed by atoms with Gasteiger partial charge in [0.15, 0.2) is 0 Å². The lowest BCUT2D eigenvalue weighted by atomic mass is 10.1. The van der Waals surface area contributed by atoms with E-state index in [1.165, 1.54) is 0 Å². The molecule has 0 fully saturated rings. The Morgan fingerprint density at radius 2 is 1.95 bits per heavy atom. The highest BCUT2D eigenvalue weighted by molar-refractivity contribution is 9.10. The van der Waals surface area contributed by atoms with E-state index in [1.54, 1.807) is 0 Å². The molecule has 0 aliphatic rings. The topological polar surface area (TPSA) is 33.0 Å². The van der Waals surface area contributed by atoms with Gasteiger partial charge in [0, 0.05) is 15.4 Å². The summed E-state index contributed by atoms with van der Waals surface area (Å²) in [5.41, 5.74) is 3.94. The van der Waals surface area contributed by atoms with Crippen LogP contribution in [0.15, 0.2) is 40.9 Å². The van der Waals surface area contributed by atoms with E-state index >= 15 is 0 Å². The summed E-state index contributed by atoms with van der Waals surface area (Å²) >= 11 is 6.92.